The van der Waals surface area contributed by atoms with Gasteiger partial charge in [-0.05, 0) is 24.7 Å². The van der Waals surface area contributed by atoms with Crippen LogP contribution >= 0.6 is 0 Å². The fourth-order valence-electron chi connectivity index (χ4n) is 1.90. The van der Waals surface area contributed by atoms with Crippen molar-refractivity contribution in [3.63, 3.8) is 0 Å². The zero-order chi connectivity index (χ0) is 13.2. The molecule has 4 N–H and O–H groups in total. The van der Waals surface area contributed by atoms with Crippen molar-refractivity contribution < 1.29 is 4.92 Å². The van der Waals surface area contributed by atoms with E-state index in [2.05, 4.69) is 22.7 Å². The van der Waals surface area contributed by atoms with E-state index >= 15 is 0 Å². The van der Waals surface area contributed by atoms with Crippen LogP contribution in [0.1, 0.15) is 26.2 Å². The van der Waals surface area contributed by atoms with Crippen molar-refractivity contribution >= 4 is 17.3 Å². The van der Waals surface area contributed by atoms with Gasteiger partial charge in [-0.25, -0.2) is 10.8 Å². The smallest absolute Gasteiger partial charge is 0.276 e. The molecule has 0 aromatic carbocycles. The molecule has 18 heavy (non-hydrogen) atoms. The monoisotopic (exact) mass is 251 g/mol. The lowest BCUT2D eigenvalue weighted by Gasteiger charge is -2.14. The summed E-state index contributed by atoms with van der Waals surface area (Å²) in [5, 5.41) is 13.9. The number of nitrogen functional groups attached to an aromatic ring is 1. The van der Waals surface area contributed by atoms with Gasteiger partial charge in [0.15, 0.2) is 0 Å². The number of hydrogen-bond donors (Lipinski definition) is 3. The first kappa shape index (κ1) is 12.6. The van der Waals surface area contributed by atoms with Gasteiger partial charge in [0, 0.05) is 6.54 Å². The SMILES string of the molecule is CCC1(CNc2cc([N+](=O)[O-])cc(NN)n2)CC1. The third-order valence-corrected chi connectivity index (χ3v) is 3.52. The number of nitro groups is 1. The lowest BCUT2D eigenvalue weighted by atomic mass is 10.0. The number of hydrogen-bond acceptors (Lipinski definition) is 6. The largest absolute Gasteiger partial charge is 0.369 e. The summed E-state index contributed by atoms with van der Waals surface area (Å²) in [5.74, 6) is 6.01. The number of pyridine rings is 1. The highest BCUT2D eigenvalue weighted by Gasteiger charge is 2.40. The number of nitrogens with one attached hydrogen (secondary N) is 2. The van der Waals surface area contributed by atoms with E-state index in [1.807, 2.05) is 0 Å². The van der Waals surface area contributed by atoms with Gasteiger partial charge in [-0.15, -0.1) is 0 Å². The Bertz CT molecular complexity index is 459. The van der Waals surface area contributed by atoms with Crippen molar-refractivity contribution in [3.05, 3.63) is 22.2 Å². The summed E-state index contributed by atoms with van der Waals surface area (Å²) in [4.78, 5) is 14.5. The van der Waals surface area contributed by atoms with Crippen molar-refractivity contribution in [1.82, 2.24) is 4.98 Å². The molecular weight excluding hydrogens is 234 g/mol. The van der Waals surface area contributed by atoms with Crippen LogP contribution in [-0.4, -0.2) is 16.5 Å². The average Bonchev–Trinajstić information content (AvgIpc) is 3.16. The molecule has 2 rings (SSSR count). The number of nitrogens with zero attached hydrogens (tertiary/aromatic N) is 2. The number of aromatic nitrogens is 1. The van der Waals surface area contributed by atoms with E-state index in [4.69, 9.17) is 5.84 Å². The first-order valence-corrected chi connectivity index (χ1v) is 5.95. The van der Waals surface area contributed by atoms with Gasteiger partial charge in [0.2, 0.25) is 0 Å². The molecule has 0 atom stereocenters. The van der Waals surface area contributed by atoms with Crippen LogP contribution in [0.15, 0.2) is 12.1 Å². The third-order valence-electron chi connectivity index (χ3n) is 3.52. The highest BCUT2D eigenvalue weighted by atomic mass is 16.6. The summed E-state index contributed by atoms with van der Waals surface area (Å²) >= 11 is 0. The molecule has 98 valence electrons. The lowest BCUT2D eigenvalue weighted by molar-refractivity contribution is -0.384. The standard InChI is InChI=1S/C11H17N5O2/c1-2-11(3-4-11)7-13-9-5-8(16(17)18)6-10(14-9)15-12/h5-6H,2-4,7,12H2,1H3,(H2,13,14,15). The molecule has 0 saturated heterocycles. The highest BCUT2D eigenvalue weighted by molar-refractivity contribution is 5.54. The number of anilines is 2. The second-order valence-electron chi connectivity index (χ2n) is 4.70. The normalized spacial score (nSPS) is 16.1. The minimum Gasteiger partial charge on any atom is -0.369 e. The van der Waals surface area contributed by atoms with Crippen molar-refractivity contribution in [2.45, 2.75) is 26.2 Å². The van der Waals surface area contributed by atoms with Crippen molar-refractivity contribution in [1.29, 1.82) is 0 Å². The average molecular weight is 251 g/mol. The fourth-order valence-corrected chi connectivity index (χ4v) is 1.90. The third kappa shape index (κ3) is 2.67. The van der Waals surface area contributed by atoms with E-state index in [1.165, 1.54) is 25.0 Å². The molecule has 0 bridgehead atoms. The molecule has 7 nitrogen and oxygen atoms in total. The Morgan fingerprint density at radius 1 is 1.50 bits per heavy atom. The van der Waals surface area contributed by atoms with Gasteiger partial charge in [0.1, 0.15) is 11.6 Å². The molecule has 0 aliphatic heterocycles. The van der Waals surface area contributed by atoms with E-state index in [0.717, 1.165) is 13.0 Å². The number of nitrogens with two attached hydrogens (primary N) is 1. The minimum atomic E-state index is -0.458. The van der Waals surface area contributed by atoms with Crippen molar-refractivity contribution in [2.75, 3.05) is 17.3 Å². The lowest BCUT2D eigenvalue weighted by Crippen LogP contribution is -2.16. The molecule has 1 fully saturated rings. The van der Waals surface area contributed by atoms with Crippen LogP contribution in [-0.2, 0) is 0 Å². The zero-order valence-electron chi connectivity index (χ0n) is 10.3. The van der Waals surface area contributed by atoms with Gasteiger partial charge in [-0.1, -0.05) is 6.92 Å². The fraction of sp³-hybridized carbons (Fsp3) is 0.545. The van der Waals surface area contributed by atoms with Crippen molar-refractivity contribution in [2.24, 2.45) is 11.3 Å². The molecule has 7 heteroatoms. The molecular formula is C11H17N5O2. The Morgan fingerprint density at radius 2 is 2.17 bits per heavy atom. The van der Waals surface area contributed by atoms with Gasteiger partial charge >= 0.3 is 0 Å². The number of hydrazine groups is 1. The van der Waals surface area contributed by atoms with E-state index < -0.39 is 4.92 Å². The molecule has 0 spiro atoms. The Hall–Kier alpha value is -1.89. The maximum atomic E-state index is 10.8. The first-order chi connectivity index (χ1) is 8.58. The molecule has 1 aromatic heterocycles. The predicted molar refractivity (Wildman–Crippen MR) is 69.1 cm³/mol. The second-order valence-corrected chi connectivity index (χ2v) is 4.70. The van der Waals surface area contributed by atoms with Crippen molar-refractivity contribution in [3.8, 4) is 0 Å². The Kier molecular flexibility index (Phi) is 3.33. The Morgan fingerprint density at radius 3 is 2.67 bits per heavy atom. The summed E-state index contributed by atoms with van der Waals surface area (Å²) in [6.45, 7) is 2.95. The summed E-state index contributed by atoms with van der Waals surface area (Å²) in [6, 6.07) is 2.73. The predicted octanol–water partition coefficient (Wildman–Crippen LogP) is 1.88. The summed E-state index contributed by atoms with van der Waals surface area (Å²) in [5.41, 5.74) is 2.66. The summed E-state index contributed by atoms with van der Waals surface area (Å²) in [7, 11) is 0. The van der Waals surface area contributed by atoms with Crippen LogP contribution < -0.4 is 16.6 Å². The zero-order valence-corrected chi connectivity index (χ0v) is 10.3. The Balaban J connectivity index is 2.11. The van der Waals surface area contributed by atoms with E-state index in [-0.39, 0.29) is 11.5 Å². The van der Waals surface area contributed by atoms with Gasteiger partial charge in [0.25, 0.3) is 5.69 Å². The summed E-state index contributed by atoms with van der Waals surface area (Å²) in [6.07, 6.45) is 3.51. The van der Waals surface area contributed by atoms with Crippen LogP contribution in [0.2, 0.25) is 0 Å². The molecule has 1 aliphatic rings. The molecule has 1 heterocycles. The topological polar surface area (TPSA) is 106 Å². The van der Waals surface area contributed by atoms with E-state index in [1.54, 1.807) is 0 Å². The van der Waals surface area contributed by atoms with Crippen LogP contribution in [0.4, 0.5) is 17.3 Å². The minimum absolute atomic E-state index is 0.0261. The van der Waals surface area contributed by atoms with E-state index in [9.17, 15) is 10.1 Å². The molecule has 1 saturated carbocycles. The van der Waals surface area contributed by atoms with E-state index in [0.29, 0.717) is 11.2 Å². The summed E-state index contributed by atoms with van der Waals surface area (Å²) < 4.78 is 0. The van der Waals surface area contributed by atoms with Crippen LogP contribution in [0.25, 0.3) is 0 Å². The van der Waals surface area contributed by atoms with Crippen LogP contribution in [0.3, 0.4) is 0 Å². The Labute approximate surface area is 105 Å². The van der Waals surface area contributed by atoms with Gasteiger partial charge < -0.3 is 10.7 Å². The maximum absolute atomic E-state index is 10.8. The maximum Gasteiger partial charge on any atom is 0.276 e. The number of rotatable bonds is 6. The first-order valence-electron chi connectivity index (χ1n) is 5.95. The quantitative estimate of drug-likeness (QED) is 0.405. The molecule has 0 amide bonds. The van der Waals surface area contributed by atoms with Gasteiger partial charge in [-0.3, -0.25) is 10.1 Å². The highest BCUT2D eigenvalue weighted by Crippen LogP contribution is 2.48. The van der Waals surface area contributed by atoms with Crippen LogP contribution in [0, 0.1) is 15.5 Å². The van der Waals surface area contributed by atoms with Crippen LogP contribution in [0.5, 0.6) is 0 Å². The second kappa shape index (κ2) is 4.77. The molecule has 1 aromatic rings. The molecule has 1 aliphatic carbocycles. The van der Waals surface area contributed by atoms with Gasteiger partial charge in [0.05, 0.1) is 17.1 Å². The van der Waals surface area contributed by atoms with Gasteiger partial charge in [-0.2, -0.15) is 0 Å². The molecule has 0 radical (unpaired) electrons. The molecule has 0 unspecified atom stereocenters.